The van der Waals surface area contributed by atoms with Crippen molar-refractivity contribution in [3.63, 3.8) is 0 Å². The first-order valence-corrected chi connectivity index (χ1v) is 13.2. The Kier molecular flexibility index (Phi) is 10.3. The second kappa shape index (κ2) is 12.5. The van der Waals surface area contributed by atoms with E-state index in [0.717, 1.165) is 38.9 Å². The van der Waals surface area contributed by atoms with Gasteiger partial charge in [-0.1, -0.05) is 41.6 Å². The minimum Gasteiger partial charge on any atom is -0.790 e. The maximum Gasteiger partial charge on any atom is 1.00 e. The maximum atomic E-state index is 13.8. The van der Waals surface area contributed by atoms with Crippen LogP contribution in [-0.2, 0) is 25.7 Å². The van der Waals surface area contributed by atoms with Gasteiger partial charge in [-0.3, -0.25) is 4.79 Å². The van der Waals surface area contributed by atoms with Crippen LogP contribution < -0.4 is 74.2 Å². The Bertz CT molecular complexity index is 1440. The Morgan fingerprint density at radius 3 is 2.50 bits per heavy atom. The summed E-state index contributed by atoms with van der Waals surface area (Å²) in [6.07, 6.45) is 3.44. The summed E-state index contributed by atoms with van der Waals surface area (Å²) in [5, 5.41) is 8.21. The zero-order valence-electron chi connectivity index (χ0n) is 21.9. The molecule has 9 nitrogen and oxygen atoms in total. The smallest absolute Gasteiger partial charge is 0.790 e. The van der Waals surface area contributed by atoms with Gasteiger partial charge in [0.25, 0.3) is 0 Å². The van der Waals surface area contributed by atoms with Gasteiger partial charge in [-0.25, -0.2) is 0 Å². The van der Waals surface area contributed by atoms with Gasteiger partial charge < -0.3 is 33.7 Å². The number of phosphoric ester groups is 1. The van der Waals surface area contributed by atoms with E-state index >= 15 is 0 Å². The van der Waals surface area contributed by atoms with E-state index in [-0.39, 0.29) is 78.0 Å². The summed E-state index contributed by atoms with van der Waals surface area (Å²) in [6, 6.07) is 15.2. The van der Waals surface area contributed by atoms with E-state index in [1.54, 1.807) is 6.20 Å². The molecule has 2 heterocycles. The summed E-state index contributed by atoms with van der Waals surface area (Å²) in [5.41, 5.74) is 4.41. The molecule has 1 aliphatic carbocycles. The number of carbonyl (C=O) groups is 1. The van der Waals surface area contributed by atoms with Crippen LogP contribution in [0.1, 0.15) is 52.6 Å². The predicted octanol–water partition coefficient (Wildman–Crippen LogP) is -2.89. The van der Waals surface area contributed by atoms with Crippen molar-refractivity contribution in [2.24, 2.45) is 0 Å². The number of nitrogens with one attached hydrogen (secondary N) is 2. The largest absolute Gasteiger partial charge is 1.00 e. The molecule has 1 amide bonds. The van der Waals surface area contributed by atoms with Crippen LogP contribution in [0, 0.1) is 13.8 Å². The van der Waals surface area contributed by atoms with Gasteiger partial charge in [-0.05, 0) is 61.9 Å². The quantitative estimate of drug-likeness (QED) is 0.167. The van der Waals surface area contributed by atoms with Crippen molar-refractivity contribution in [1.82, 2.24) is 15.5 Å². The third-order valence-electron chi connectivity index (χ3n) is 6.91. The second-order valence-electron chi connectivity index (χ2n) is 9.24. The minimum atomic E-state index is -5.03. The Morgan fingerprint density at radius 1 is 1.18 bits per heavy atom. The molecule has 2 aromatic carbocycles. The molecule has 1 fully saturated rings. The molecule has 12 heteroatoms. The number of rotatable bonds is 9. The Balaban J connectivity index is 0.00000200. The Labute approximate surface area is 264 Å². The van der Waals surface area contributed by atoms with Gasteiger partial charge >= 0.3 is 59.1 Å². The number of aryl methyl sites for hydroxylation is 2. The molecule has 1 atom stereocenters. The zero-order chi connectivity index (χ0) is 25.5. The fraction of sp³-hybridized carbons (Fsp3) is 0.308. The molecule has 0 radical (unpaired) electrons. The van der Waals surface area contributed by atoms with Gasteiger partial charge in [0.1, 0.15) is 5.76 Å². The molecule has 0 aliphatic heterocycles. The van der Waals surface area contributed by atoms with Crippen LogP contribution in [0.2, 0.25) is 0 Å². The third kappa shape index (κ3) is 6.56. The van der Waals surface area contributed by atoms with E-state index in [1.807, 2.05) is 62.4 Å². The van der Waals surface area contributed by atoms with Crippen LogP contribution in [0.5, 0.6) is 0 Å². The first kappa shape index (κ1) is 31.3. The number of carbonyl (C=O) groups excluding carboxylic acids is 1. The van der Waals surface area contributed by atoms with Crippen molar-refractivity contribution < 1.29 is 87.3 Å². The molecule has 1 aliphatic rings. The molecule has 4 aromatic rings. The summed E-state index contributed by atoms with van der Waals surface area (Å²) in [6.45, 7) is 3.47. The molecule has 0 saturated heterocycles. The number of amides is 1. The van der Waals surface area contributed by atoms with Crippen molar-refractivity contribution in [3.8, 4) is 0 Å². The summed E-state index contributed by atoms with van der Waals surface area (Å²) < 4.78 is 20.6. The fourth-order valence-electron chi connectivity index (χ4n) is 4.86. The molecule has 2 N–H and O–H groups in total. The molecule has 188 valence electrons. The van der Waals surface area contributed by atoms with E-state index in [1.165, 1.54) is 0 Å². The van der Waals surface area contributed by atoms with Crippen molar-refractivity contribution in [2.75, 3.05) is 6.61 Å². The van der Waals surface area contributed by atoms with Crippen LogP contribution in [0.25, 0.3) is 10.9 Å². The first-order chi connectivity index (χ1) is 17.2. The summed E-state index contributed by atoms with van der Waals surface area (Å²) in [5.74, 6) is 0.586. The van der Waals surface area contributed by atoms with Gasteiger partial charge in [0.2, 0.25) is 5.91 Å². The molecule has 0 spiro atoms. The second-order valence-corrected chi connectivity index (χ2v) is 10.4. The number of hydrogen-bond donors (Lipinski definition) is 2. The van der Waals surface area contributed by atoms with E-state index in [2.05, 4.69) is 20.0 Å². The van der Waals surface area contributed by atoms with Crippen LogP contribution in [0.4, 0.5) is 0 Å². The zero-order valence-corrected chi connectivity index (χ0v) is 26.8. The Hall–Kier alpha value is -1.23. The van der Waals surface area contributed by atoms with Crippen LogP contribution in [0.15, 0.2) is 59.3 Å². The van der Waals surface area contributed by atoms with E-state index in [4.69, 9.17) is 4.52 Å². The van der Waals surface area contributed by atoms with Crippen molar-refractivity contribution >= 4 is 24.6 Å². The number of hydrogen-bond acceptors (Lipinski definition) is 7. The summed E-state index contributed by atoms with van der Waals surface area (Å²) in [4.78, 5) is 38.5. The number of H-pyrrole nitrogens is 1. The fourth-order valence-corrected chi connectivity index (χ4v) is 5.18. The van der Waals surface area contributed by atoms with E-state index in [0.29, 0.717) is 18.6 Å². The first-order valence-electron chi connectivity index (χ1n) is 11.7. The Morgan fingerprint density at radius 2 is 1.89 bits per heavy atom. The summed E-state index contributed by atoms with van der Waals surface area (Å²) >= 11 is 0. The van der Waals surface area contributed by atoms with Crippen LogP contribution >= 0.6 is 7.82 Å². The van der Waals surface area contributed by atoms with Crippen LogP contribution in [-0.4, -0.2) is 22.7 Å². The van der Waals surface area contributed by atoms with E-state index in [9.17, 15) is 19.1 Å². The summed E-state index contributed by atoms with van der Waals surface area (Å²) in [7, 11) is -5.03. The van der Waals surface area contributed by atoms with Gasteiger partial charge in [0.15, 0.2) is 0 Å². The third-order valence-corrected chi connectivity index (χ3v) is 7.41. The van der Waals surface area contributed by atoms with E-state index < -0.39 is 19.3 Å². The number of fused-ring (bicyclic) bond motifs is 1. The molecular formula is C26H26N3Na2O6P. The van der Waals surface area contributed by atoms with Crippen LogP contribution in [0.3, 0.4) is 0 Å². The van der Waals surface area contributed by atoms with Gasteiger partial charge in [-0.2, -0.15) is 0 Å². The molecule has 1 saturated carbocycles. The normalized spacial score (nSPS) is 14.8. The van der Waals surface area contributed by atoms with Crippen molar-refractivity contribution in [3.05, 3.63) is 88.4 Å². The molecule has 5 rings (SSSR count). The van der Waals surface area contributed by atoms with Gasteiger partial charge in [0, 0.05) is 22.7 Å². The minimum absolute atomic E-state index is 0. The SMILES string of the molecule is Cc1noc(C)c1C(NC(=O)C1(c2ccc3[nH]cc(CCOP(=O)([O-])[O-])c3c2)CC1)c1ccccc1.[Na+].[Na+]. The number of benzene rings is 2. The number of aromatic nitrogens is 2. The number of phosphoric acid groups is 1. The predicted molar refractivity (Wildman–Crippen MR) is 129 cm³/mol. The van der Waals surface area contributed by atoms with Gasteiger partial charge in [-0.15, -0.1) is 0 Å². The average molecular weight is 553 g/mol. The molecule has 2 aromatic heterocycles. The molecule has 38 heavy (non-hydrogen) atoms. The molecular weight excluding hydrogens is 527 g/mol. The maximum absolute atomic E-state index is 13.8. The monoisotopic (exact) mass is 553 g/mol. The van der Waals surface area contributed by atoms with Crippen molar-refractivity contribution in [2.45, 2.75) is 44.6 Å². The van der Waals surface area contributed by atoms with Crippen molar-refractivity contribution in [1.29, 1.82) is 0 Å². The topological polar surface area (TPSA) is 143 Å². The standard InChI is InChI=1S/C26H28N3O6P.2Na/c1-16-23(17(2)35-29-16)24(18-6-4-3-5-7-18)28-25(30)26(11-12-26)20-8-9-22-21(14-20)19(15-27-22)10-13-34-36(31,32)33;;/h3-9,14-15,24,27H,10-13H2,1-2H3,(H,28,30)(H2,31,32,33);;/q;2*+1/p-2. The molecule has 0 bridgehead atoms. The molecule has 1 unspecified atom stereocenters. The van der Waals surface area contributed by atoms with Gasteiger partial charge in [0.05, 0.1) is 31.6 Å². The number of aromatic amines is 1. The average Bonchev–Trinajstić information content (AvgIpc) is 3.47. The number of nitrogens with zero attached hydrogens (tertiary/aromatic N) is 1.